The van der Waals surface area contributed by atoms with Crippen molar-refractivity contribution in [3.63, 3.8) is 0 Å². The summed E-state index contributed by atoms with van der Waals surface area (Å²) >= 11 is 0. The minimum atomic E-state index is -0.161. The summed E-state index contributed by atoms with van der Waals surface area (Å²) in [6.45, 7) is 6.63. The fourth-order valence-electron chi connectivity index (χ4n) is 3.12. The molecule has 0 fully saturated rings. The molecule has 2 N–H and O–H groups in total. The Morgan fingerprint density at radius 3 is 2.46 bits per heavy atom. The number of fused-ring (bicyclic) bond motifs is 1. The van der Waals surface area contributed by atoms with Crippen molar-refractivity contribution in [3.8, 4) is 0 Å². The van der Waals surface area contributed by atoms with Gasteiger partial charge in [0.25, 0.3) is 5.56 Å². The summed E-state index contributed by atoms with van der Waals surface area (Å²) in [5.74, 6) is 0.495. The first-order chi connectivity index (χ1) is 13.4. The number of nitrogens with one attached hydrogen (secondary N) is 2. The molecule has 0 saturated heterocycles. The van der Waals surface area contributed by atoms with Gasteiger partial charge in [0.15, 0.2) is 0 Å². The zero-order chi connectivity index (χ0) is 20.1. The zero-order valence-electron chi connectivity index (χ0n) is 16.5. The number of carbonyl (C=O) groups is 1. The van der Waals surface area contributed by atoms with Crippen molar-refractivity contribution in [2.45, 2.75) is 39.4 Å². The second-order valence-corrected chi connectivity index (χ2v) is 7.23. The Morgan fingerprint density at radius 1 is 1.07 bits per heavy atom. The highest BCUT2D eigenvalue weighted by Gasteiger charge is 2.18. The Bertz CT molecular complexity index is 998. The van der Waals surface area contributed by atoms with E-state index in [1.54, 1.807) is 6.07 Å². The normalized spacial score (nSPS) is 12.5. The summed E-state index contributed by atoms with van der Waals surface area (Å²) in [6.07, 6.45) is 0. The second kappa shape index (κ2) is 8.80. The van der Waals surface area contributed by atoms with Gasteiger partial charge in [-0.3, -0.25) is 14.5 Å². The number of H-pyrrole nitrogens is 1. The van der Waals surface area contributed by atoms with Gasteiger partial charge in [0.1, 0.15) is 5.82 Å². The zero-order valence-corrected chi connectivity index (χ0v) is 16.5. The second-order valence-electron chi connectivity index (χ2n) is 7.23. The fraction of sp³-hybridized carbons (Fsp3) is 0.318. The maximum Gasteiger partial charge on any atom is 0.258 e. The van der Waals surface area contributed by atoms with Crippen molar-refractivity contribution in [3.05, 3.63) is 76.3 Å². The maximum absolute atomic E-state index is 12.6. The quantitative estimate of drug-likeness (QED) is 0.662. The molecule has 1 unspecified atom stereocenters. The molecule has 3 aromatic rings. The van der Waals surface area contributed by atoms with Crippen LogP contribution in [-0.2, 0) is 11.3 Å². The molecule has 6 nitrogen and oxygen atoms in total. The molecule has 0 spiro atoms. The number of nitrogens with zero attached hydrogens (tertiary/aromatic N) is 2. The Hall–Kier alpha value is -2.99. The van der Waals surface area contributed by atoms with Crippen LogP contribution < -0.4 is 10.9 Å². The monoisotopic (exact) mass is 378 g/mol. The van der Waals surface area contributed by atoms with Crippen LogP contribution in [0.25, 0.3) is 10.9 Å². The van der Waals surface area contributed by atoms with E-state index in [2.05, 4.69) is 15.3 Å². The molecule has 0 aliphatic heterocycles. The highest BCUT2D eigenvalue weighted by molar-refractivity contribution is 5.78. The van der Waals surface area contributed by atoms with Crippen LogP contribution in [0, 0.1) is 0 Å². The number of para-hydroxylation sites is 1. The summed E-state index contributed by atoms with van der Waals surface area (Å²) in [4.78, 5) is 34.2. The number of aromatic nitrogens is 2. The average Bonchev–Trinajstić information content (AvgIpc) is 2.68. The summed E-state index contributed by atoms with van der Waals surface area (Å²) in [5.41, 5.74) is 1.56. The van der Waals surface area contributed by atoms with Crippen LogP contribution >= 0.6 is 0 Å². The molecular weight excluding hydrogens is 352 g/mol. The largest absolute Gasteiger partial charge is 0.348 e. The first-order valence-corrected chi connectivity index (χ1v) is 9.50. The molecule has 1 heterocycles. The molecule has 28 heavy (non-hydrogen) atoms. The van der Waals surface area contributed by atoms with E-state index >= 15 is 0 Å². The number of carbonyl (C=O) groups excluding carboxylic acids is 1. The number of hydrogen-bond donors (Lipinski definition) is 2. The Labute approximate surface area is 164 Å². The van der Waals surface area contributed by atoms with Crippen molar-refractivity contribution >= 4 is 16.8 Å². The lowest BCUT2D eigenvalue weighted by Gasteiger charge is -2.26. The van der Waals surface area contributed by atoms with E-state index in [-0.39, 0.29) is 30.1 Å². The van der Waals surface area contributed by atoms with Crippen LogP contribution in [0.15, 0.2) is 59.4 Å². The lowest BCUT2D eigenvalue weighted by molar-refractivity contribution is -0.123. The van der Waals surface area contributed by atoms with Crippen molar-refractivity contribution < 1.29 is 4.79 Å². The molecular formula is C22H26N4O2. The molecule has 2 aromatic carbocycles. The van der Waals surface area contributed by atoms with Crippen molar-refractivity contribution in [1.29, 1.82) is 0 Å². The molecule has 1 amide bonds. The van der Waals surface area contributed by atoms with Crippen LogP contribution in [0.5, 0.6) is 0 Å². The van der Waals surface area contributed by atoms with E-state index in [9.17, 15) is 9.59 Å². The third kappa shape index (κ3) is 4.84. The van der Waals surface area contributed by atoms with Gasteiger partial charge in [0, 0.05) is 6.04 Å². The van der Waals surface area contributed by atoms with Gasteiger partial charge in [0.2, 0.25) is 5.91 Å². The molecule has 146 valence electrons. The number of benzene rings is 2. The summed E-state index contributed by atoms with van der Waals surface area (Å²) in [5, 5.41) is 3.60. The topological polar surface area (TPSA) is 78.1 Å². The fourth-order valence-corrected chi connectivity index (χ4v) is 3.12. The molecule has 0 radical (unpaired) electrons. The highest BCUT2D eigenvalue weighted by atomic mass is 16.2. The Kier molecular flexibility index (Phi) is 6.21. The van der Waals surface area contributed by atoms with Gasteiger partial charge in [0.05, 0.1) is 30.0 Å². The Balaban J connectivity index is 1.70. The third-order valence-corrected chi connectivity index (χ3v) is 4.77. The predicted octanol–water partition coefficient (Wildman–Crippen LogP) is 3.01. The summed E-state index contributed by atoms with van der Waals surface area (Å²) in [7, 11) is 0. The van der Waals surface area contributed by atoms with Crippen molar-refractivity contribution in [1.82, 2.24) is 20.2 Å². The van der Waals surface area contributed by atoms with Gasteiger partial charge in [-0.1, -0.05) is 42.5 Å². The van der Waals surface area contributed by atoms with Crippen molar-refractivity contribution in [2.75, 3.05) is 6.54 Å². The van der Waals surface area contributed by atoms with Crippen molar-refractivity contribution in [2.24, 2.45) is 0 Å². The summed E-state index contributed by atoms with van der Waals surface area (Å²) < 4.78 is 0. The third-order valence-electron chi connectivity index (χ3n) is 4.77. The standard InChI is InChI=1S/C22H26N4O2/c1-15(2)26(14-21(27)23-16(3)17-9-5-4-6-10-17)13-20-24-19-12-8-7-11-18(19)22(28)25-20/h4-12,15-16H,13-14H2,1-3H3,(H,23,27)(H,24,25,28). The van der Waals surface area contributed by atoms with Gasteiger partial charge >= 0.3 is 0 Å². The molecule has 1 aromatic heterocycles. The molecule has 6 heteroatoms. The van der Waals surface area contributed by atoms with Gasteiger partial charge < -0.3 is 10.3 Å². The lowest BCUT2D eigenvalue weighted by atomic mass is 10.1. The molecule has 0 bridgehead atoms. The SMILES string of the molecule is CC(NC(=O)CN(Cc1nc2ccccc2c(=O)[nH]1)C(C)C)c1ccccc1. The van der Waals surface area contributed by atoms with Crippen LogP contribution in [0.2, 0.25) is 0 Å². The Morgan fingerprint density at radius 2 is 1.75 bits per heavy atom. The van der Waals surface area contributed by atoms with Gasteiger partial charge in [-0.25, -0.2) is 4.98 Å². The number of rotatable bonds is 7. The van der Waals surface area contributed by atoms with E-state index in [1.807, 2.05) is 74.2 Å². The van der Waals surface area contributed by atoms with E-state index in [0.717, 1.165) is 5.56 Å². The highest BCUT2D eigenvalue weighted by Crippen LogP contribution is 2.12. The van der Waals surface area contributed by atoms with Gasteiger partial charge in [-0.15, -0.1) is 0 Å². The molecule has 0 aliphatic carbocycles. The first-order valence-electron chi connectivity index (χ1n) is 9.50. The molecule has 0 aliphatic rings. The van der Waals surface area contributed by atoms with E-state index < -0.39 is 0 Å². The van der Waals surface area contributed by atoms with Crippen LogP contribution in [0.3, 0.4) is 0 Å². The number of aromatic amines is 1. The van der Waals surface area contributed by atoms with E-state index in [4.69, 9.17) is 0 Å². The van der Waals surface area contributed by atoms with Gasteiger partial charge in [-0.2, -0.15) is 0 Å². The summed E-state index contributed by atoms with van der Waals surface area (Å²) in [6, 6.07) is 17.2. The van der Waals surface area contributed by atoms with Crippen LogP contribution in [0.4, 0.5) is 0 Å². The molecule has 0 saturated carbocycles. The minimum Gasteiger partial charge on any atom is -0.348 e. The molecule has 3 rings (SSSR count). The van der Waals surface area contributed by atoms with Crippen LogP contribution in [-0.4, -0.2) is 33.4 Å². The number of hydrogen-bond acceptors (Lipinski definition) is 4. The number of amides is 1. The van der Waals surface area contributed by atoms with Gasteiger partial charge in [-0.05, 0) is 38.5 Å². The predicted molar refractivity (Wildman–Crippen MR) is 111 cm³/mol. The first kappa shape index (κ1) is 19.8. The lowest BCUT2D eigenvalue weighted by Crippen LogP contribution is -2.41. The average molecular weight is 378 g/mol. The van der Waals surface area contributed by atoms with E-state index in [1.165, 1.54) is 0 Å². The maximum atomic E-state index is 12.6. The smallest absolute Gasteiger partial charge is 0.258 e. The van der Waals surface area contributed by atoms with E-state index in [0.29, 0.717) is 23.3 Å². The minimum absolute atomic E-state index is 0.0619. The molecule has 1 atom stereocenters. The van der Waals surface area contributed by atoms with Crippen LogP contribution in [0.1, 0.15) is 38.2 Å².